The first-order valence-electron chi connectivity index (χ1n) is 4.68. The van der Waals surface area contributed by atoms with E-state index in [4.69, 9.17) is 5.73 Å². The number of halogens is 2. The van der Waals surface area contributed by atoms with E-state index in [2.05, 4.69) is 10.3 Å². The van der Waals surface area contributed by atoms with Crippen LogP contribution in [-0.4, -0.2) is 23.7 Å². The maximum absolute atomic E-state index is 11.5. The van der Waals surface area contributed by atoms with Crippen LogP contribution in [0.25, 0.3) is 0 Å². The smallest absolute Gasteiger partial charge is 0.229 e. The molecule has 0 aromatic carbocycles. The number of amides is 1. The van der Waals surface area contributed by atoms with Crippen molar-refractivity contribution in [2.75, 3.05) is 18.1 Å². The molecule has 7 heteroatoms. The summed E-state index contributed by atoms with van der Waals surface area (Å²) >= 11 is 1.61. The van der Waals surface area contributed by atoms with Crippen molar-refractivity contribution in [2.24, 2.45) is 11.7 Å². The molecule has 17 heavy (non-hydrogen) atoms. The number of nitrogens with zero attached hydrogens (tertiary/aromatic N) is 1. The Balaban J connectivity index is 0. The molecule has 1 rings (SSSR count). The molecule has 1 heterocycles. The van der Waals surface area contributed by atoms with Gasteiger partial charge in [0.05, 0.1) is 0 Å². The third-order valence-corrected chi connectivity index (χ3v) is 2.74. The van der Waals surface area contributed by atoms with Gasteiger partial charge >= 0.3 is 0 Å². The molecule has 0 radical (unpaired) electrons. The molecule has 1 aromatic heterocycles. The van der Waals surface area contributed by atoms with E-state index in [9.17, 15) is 4.79 Å². The molecule has 0 bridgehead atoms. The van der Waals surface area contributed by atoms with Crippen LogP contribution >= 0.6 is 36.6 Å². The van der Waals surface area contributed by atoms with Gasteiger partial charge in [0.1, 0.15) is 5.82 Å². The minimum absolute atomic E-state index is 0. The minimum atomic E-state index is -0.188. The maximum Gasteiger partial charge on any atom is 0.229 e. The SMILES string of the molecule is CSc1ccc(NC(=O)C(C)CN)nc1.Cl.Cl. The van der Waals surface area contributed by atoms with E-state index >= 15 is 0 Å². The molecule has 0 spiro atoms. The molecule has 1 unspecified atom stereocenters. The van der Waals surface area contributed by atoms with Gasteiger partial charge in [0.15, 0.2) is 0 Å². The van der Waals surface area contributed by atoms with Crippen molar-refractivity contribution < 1.29 is 4.79 Å². The first-order chi connectivity index (χ1) is 7.17. The van der Waals surface area contributed by atoms with Gasteiger partial charge in [-0.1, -0.05) is 6.92 Å². The summed E-state index contributed by atoms with van der Waals surface area (Å²) in [5.74, 6) is 0.284. The lowest BCUT2D eigenvalue weighted by Crippen LogP contribution is -2.26. The van der Waals surface area contributed by atoms with Crippen LogP contribution in [0.4, 0.5) is 5.82 Å². The number of nitrogens with one attached hydrogen (secondary N) is 1. The zero-order valence-electron chi connectivity index (χ0n) is 9.67. The van der Waals surface area contributed by atoms with Crippen LogP contribution in [-0.2, 0) is 4.79 Å². The molecule has 98 valence electrons. The second-order valence-corrected chi connectivity index (χ2v) is 4.09. The van der Waals surface area contributed by atoms with Crippen molar-refractivity contribution in [3.8, 4) is 0 Å². The zero-order valence-corrected chi connectivity index (χ0v) is 12.1. The minimum Gasteiger partial charge on any atom is -0.330 e. The Morgan fingerprint density at radius 1 is 1.53 bits per heavy atom. The van der Waals surface area contributed by atoms with Crippen LogP contribution in [0.5, 0.6) is 0 Å². The molecular weight excluding hydrogens is 281 g/mol. The van der Waals surface area contributed by atoms with Gasteiger partial charge < -0.3 is 11.1 Å². The average Bonchev–Trinajstić information content (AvgIpc) is 2.29. The van der Waals surface area contributed by atoms with E-state index in [1.165, 1.54) is 0 Å². The molecule has 1 aromatic rings. The predicted molar refractivity (Wildman–Crippen MR) is 77.4 cm³/mol. The van der Waals surface area contributed by atoms with Crippen molar-refractivity contribution in [3.63, 3.8) is 0 Å². The van der Waals surface area contributed by atoms with Gasteiger partial charge in [-0.3, -0.25) is 4.79 Å². The van der Waals surface area contributed by atoms with Crippen molar-refractivity contribution in [3.05, 3.63) is 18.3 Å². The largest absolute Gasteiger partial charge is 0.330 e. The highest BCUT2D eigenvalue weighted by Crippen LogP contribution is 2.14. The lowest BCUT2D eigenvalue weighted by molar-refractivity contribution is -0.119. The number of pyridine rings is 1. The monoisotopic (exact) mass is 297 g/mol. The number of hydrogen-bond donors (Lipinski definition) is 2. The van der Waals surface area contributed by atoms with Crippen LogP contribution in [0.2, 0.25) is 0 Å². The zero-order chi connectivity index (χ0) is 11.3. The molecule has 0 saturated carbocycles. The standard InChI is InChI=1S/C10H15N3OS.2ClH/c1-7(5-11)10(14)13-9-4-3-8(15-2)6-12-9;;/h3-4,6-7H,5,11H2,1-2H3,(H,12,13,14);2*1H. The highest BCUT2D eigenvalue weighted by atomic mass is 35.5. The molecule has 4 nitrogen and oxygen atoms in total. The number of rotatable bonds is 4. The summed E-state index contributed by atoms with van der Waals surface area (Å²) in [6.07, 6.45) is 3.71. The lowest BCUT2D eigenvalue weighted by atomic mass is 10.2. The van der Waals surface area contributed by atoms with E-state index in [0.29, 0.717) is 12.4 Å². The molecule has 0 fully saturated rings. The van der Waals surface area contributed by atoms with Crippen molar-refractivity contribution in [2.45, 2.75) is 11.8 Å². The third kappa shape index (κ3) is 6.12. The number of anilines is 1. The number of nitrogens with two attached hydrogens (primary N) is 1. The topological polar surface area (TPSA) is 68.0 Å². The van der Waals surface area contributed by atoms with E-state index in [1.807, 2.05) is 12.3 Å². The molecule has 1 atom stereocenters. The number of carbonyl (C=O) groups is 1. The van der Waals surface area contributed by atoms with Gasteiger partial charge in [0.2, 0.25) is 5.91 Å². The fourth-order valence-electron chi connectivity index (χ4n) is 0.931. The van der Waals surface area contributed by atoms with Crippen molar-refractivity contribution in [1.29, 1.82) is 0 Å². The van der Waals surface area contributed by atoms with Crippen LogP contribution < -0.4 is 11.1 Å². The Labute approximate surface area is 118 Å². The highest BCUT2D eigenvalue weighted by Gasteiger charge is 2.10. The van der Waals surface area contributed by atoms with Crippen molar-refractivity contribution in [1.82, 2.24) is 4.98 Å². The first kappa shape index (κ1) is 18.9. The van der Waals surface area contributed by atoms with E-state index in [1.54, 1.807) is 30.9 Å². The average molecular weight is 298 g/mol. The third-order valence-electron chi connectivity index (χ3n) is 2.02. The molecule has 0 aliphatic rings. The number of thioether (sulfide) groups is 1. The lowest BCUT2D eigenvalue weighted by Gasteiger charge is -2.09. The van der Waals surface area contributed by atoms with Crippen LogP contribution in [0.3, 0.4) is 0 Å². The van der Waals surface area contributed by atoms with Gasteiger partial charge in [-0.05, 0) is 18.4 Å². The summed E-state index contributed by atoms with van der Waals surface area (Å²) in [5.41, 5.74) is 5.39. The quantitative estimate of drug-likeness (QED) is 0.836. The Kier molecular flexibility index (Phi) is 10.6. The number of carbonyl (C=O) groups excluding carboxylic acids is 1. The van der Waals surface area contributed by atoms with E-state index < -0.39 is 0 Å². The highest BCUT2D eigenvalue weighted by molar-refractivity contribution is 7.98. The van der Waals surface area contributed by atoms with Crippen LogP contribution in [0.15, 0.2) is 23.2 Å². The van der Waals surface area contributed by atoms with Gasteiger partial charge in [-0.2, -0.15) is 0 Å². The van der Waals surface area contributed by atoms with Gasteiger partial charge in [0, 0.05) is 23.6 Å². The summed E-state index contributed by atoms with van der Waals surface area (Å²) in [6, 6.07) is 3.70. The molecule has 1 amide bonds. The Morgan fingerprint density at radius 2 is 2.18 bits per heavy atom. The summed E-state index contributed by atoms with van der Waals surface area (Å²) in [7, 11) is 0. The Morgan fingerprint density at radius 3 is 2.59 bits per heavy atom. The van der Waals surface area contributed by atoms with Gasteiger partial charge in [-0.25, -0.2) is 4.98 Å². The summed E-state index contributed by atoms with van der Waals surface area (Å²) in [5, 5.41) is 2.70. The van der Waals surface area contributed by atoms with Gasteiger partial charge in [-0.15, -0.1) is 36.6 Å². The Hall–Kier alpha value is -0.490. The molecule has 3 N–H and O–H groups in total. The second-order valence-electron chi connectivity index (χ2n) is 3.21. The summed E-state index contributed by atoms with van der Waals surface area (Å²) < 4.78 is 0. The normalized spacial score (nSPS) is 10.8. The van der Waals surface area contributed by atoms with E-state index in [-0.39, 0.29) is 36.6 Å². The molecule has 0 saturated heterocycles. The summed E-state index contributed by atoms with van der Waals surface area (Å²) in [6.45, 7) is 2.13. The fourth-order valence-corrected chi connectivity index (χ4v) is 1.29. The predicted octanol–water partition coefficient (Wildman–Crippen LogP) is 2.18. The number of hydrogen-bond acceptors (Lipinski definition) is 4. The Bertz CT molecular complexity index is 335. The number of aromatic nitrogens is 1. The van der Waals surface area contributed by atoms with Crippen molar-refractivity contribution >= 4 is 48.3 Å². The second kappa shape index (κ2) is 9.53. The van der Waals surface area contributed by atoms with Gasteiger partial charge in [0.25, 0.3) is 0 Å². The molecular formula is C10H17Cl2N3OS. The summed E-state index contributed by atoms with van der Waals surface area (Å²) in [4.78, 5) is 16.6. The molecule has 0 aliphatic heterocycles. The maximum atomic E-state index is 11.5. The van der Waals surface area contributed by atoms with E-state index in [0.717, 1.165) is 4.90 Å². The van der Waals surface area contributed by atoms with Crippen LogP contribution in [0.1, 0.15) is 6.92 Å². The first-order valence-corrected chi connectivity index (χ1v) is 5.90. The van der Waals surface area contributed by atoms with Crippen LogP contribution in [0, 0.1) is 5.92 Å². The molecule has 0 aliphatic carbocycles. The fraction of sp³-hybridized carbons (Fsp3) is 0.400.